The molecule has 0 aromatic carbocycles. The van der Waals surface area contributed by atoms with Gasteiger partial charge in [-0.3, -0.25) is 0 Å². The monoisotopic (exact) mass is 171 g/mol. The summed E-state index contributed by atoms with van der Waals surface area (Å²) in [4.78, 5) is 10.7. The molecule has 0 N–H and O–H groups in total. The van der Waals surface area contributed by atoms with Gasteiger partial charge in [0.2, 0.25) is 0 Å². The maximum absolute atomic E-state index is 10.7. The number of carbonyl (C=O) groups is 1. The smallest absolute Gasteiger partial charge is 0.0789 e. The summed E-state index contributed by atoms with van der Waals surface area (Å²) in [7, 11) is 6.22. The Labute approximate surface area is 73.6 Å². The van der Waals surface area contributed by atoms with Crippen LogP contribution < -0.4 is 5.11 Å². The number of carboxylic acid groups (broad SMARTS) is 1. The van der Waals surface area contributed by atoms with Crippen LogP contribution in [0.5, 0.6) is 0 Å². The molecule has 1 fully saturated rings. The van der Waals surface area contributed by atoms with Gasteiger partial charge < -0.3 is 14.4 Å². The van der Waals surface area contributed by atoms with E-state index >= 15 is 0 Å². The summed E-state index contributed by atoms with van der Waals surface area (Å²) in [5, 5.41) is 10.7. The molecule has 0 aliphatic heterocycles. The van der Waals surface area contributed by atoms with Crippen LogP contribution in [0.1, 0.15) is 19.3 Å². The van der Waals surface area contributed by atoms with E-state index in [1.165, 1.54) is 0 Å². The summed E-state index contributed by atoms with van der Waals surface area (Å²) in [6.45, 7) is 0.911. The van der Waals surface area contributed by atoms with Gasteiger partial charge in [0.05, 0.1) is 27.7 Å². The van der Waals surface area contributed by atoms with Gasteiger partial charge in [-0.25, -0.2) is 0 Å². The minimum absolute atomic E-state index is 0.453. The number of carboxylic acids is 1. The lowest BCUT2D eigenvalue weighted by Crippen LogP contribution is -2.40. The zero-order valence-corrected chi connectivity index (χ0v) is 8.09. The van der Waals surface area contributed by atoms with Crippen molar-refractivity contribution in [3.05, 3.63) is 0 Å². The highest BCUT2D eigenvalue weighted by Gasteiger charge is 2.44. The van der Waals surface area contributed by atoms with Crippen molar-refractivity contribution < 1.29 is 14.4 Å². The molecule has 0 unspecified atom stereocenters. The van der Waals surface area contributed by atoms with E-state index in [1.807, 2.05) is 0 Å². The summed E-state index contributed by atoms with van der Waals surface area (Å²) in [5.41, 5.74) is -0.453. The summed E-state index contributed by atoms with van der Waals surface area (Å²) in [5.74, 6) is -0.851. The van der Waals surface area contributed by atoms with Gasteiger partial charge in [0.1, 0.15) is 0 Å². The standard InChI is InChI=1S/C9H17NO2/c1-10(2,3)7-6-9(4-5-9)8(11)12/h4-7H2,1-3H3. The van der Waals surface area contributed by atoms with Crippen molar-refractivity contribution in [2.45, 2.75) is 19.3 Å². The van der Waals surface area contributed by atoms with Crippen molar-refractivity contribution in [1.29, 1.82) is 0 Å². The van der Waals surface area contributed by atoms with Gasteiger partial charge in [0.15, 0.2) is 0 Å². The number of quaternary nitrogens is 1. The summed E-state index contributed by atoms with van der Waals surface area (Å²) in [6, 6.07) is 0. The molecule has 0 heterocycles. The number of nitrogens with zero attached hydrogens (tertiary/aromatic N) is 1. The fraction of sp³-hybridized carbons (Fsp3) is 0.889. The maximum atomic E-state index is 10.7. The Bertz CT molecular complexity index is 189. The fourth-order valence-electron chi connectivity index (χ4n) is 1.26. The predicted octanol–water partition coefficient (Wildman–Crippen LogP) is -0.387. The Morgan fingerprint density at radius 2 is 1.92 bits per heavy atom. The molecular weight excluding hydrogens is 154 g/mol. The maximum Gasteiger partial charge on any atom is 0.0789 e. The Kier molecular flexibility index (Phi) is 2.17. The number of rotatable bonds is 4. The van der Waals surface area contributed by atoms with Crippen LogP contribution in [0.3, 0.4) is 0 Å². The lowest BCUT2D eigenvalue weighted by molar-refractivity contribution is -0.871. The van der Waals surface area contributed by atoms with Gasteiger partial charge in [-0.05, 0) is 12.8 Å². The molecule has 3 heteroatoms. The molecule has 0 aromatic rings. The van der Waals surface area contributed by atoms with Gasteiger partial charge in [-0.1, -0.05) is 0 Å². The lowest BCUT2D eigenvalue weighted by atomic mass is 10.0. The SMILES string of the molecule is C[N+](C)(C)CCC1(C(=O)[O-])CC1. The lowest BCUT2D eigenvalue weighted by Gasteiger charge is -2.26. The molecule has 1 rings (SSSR count). The first-order valence-electron chi connectivity index (χ1n) is 4.38. The minimum atomic E-state index is -0.851. The minimum Gasteiger partial charge on any atom is -0.550 e. The largest absolute Gasteiger partial charge is 0.550 e. The molecule has 1 aliphatic rings. The van der Waals surface area contributed by atoms with Crippen LogP contribution in [0.25, 0.3) is 0 Å². The molecular formula is C9H17NO2. The molecule has 0 amide bonds. The predicted molar refractivity (Wildman–Crippen MR) is 44.2 cm³/mol. The Hall–Kier alpha value is -0.570. The van der Waals surface area contributed by atoms with E-state index in [0.717, 1.165) is 30.3 Å². The molecule has 70 valence electrons. The molecule has 12 heavy (non-hydrogen) atoms. The third-order valence-electron chi connectivity index (χ3n) is 2.55. The van der Waals surface area contributed by atoms with Crippen molar-refractivity contribution in [3.63, 3.8) is 0 Å². The van der Waals surface area contributed by atoms with Crippen molar-refractivity contribution in [2.24, 2.45) is 5.41 Å². The second-order valence-corrected chi connectivity index (χ2v) is 4.83. The van der Waals surface area contributed by atoms with Crippen LogP contribution in [0, 0.1) is 5.41 Å². The number of hydrogen-bond acceptors (Lipinski definition) is 2. The van der Waals surface area contributed by atoms with Crippen molar-refractivity contribution in [2.75, 3.05) is 27.7 Å². The first-order chi connectivity index (χ1) is 5.36. The second-order valence-electron chi connectivity index (χ2n) is 4.83. The zero-order valence-electron chi connectivity index (χ0n) is 8.09. The van der Waals surface area contributed by atoms with Gasteiger partial charge in [0.25, 0.3) is 0 Å². The molecule has 0 bridgehead atoms. The van der Waals surface area contributed by atoms with E-state index in [1.54, 1.807) is 0 Å². The van der Waals surface area contributed by atoms with Crippen LogP contribution in [0.4, 0.5) is 0 Å². The van der Waals surface area contributed by atoms with E-state index in [-0.39, 0.29) is 0 Å². The van der Waals surface area contributed by atoms with E-state index in [0.29, 0.717) is 0 Å². The highest BCUT2D eigenvalue weighted by Crippen LogP contribution is 2.48. The highest BCUT2D eigenvalue weighted by molar-refractivity contribution is 5.75. The quantitative estimate of drug-likeness (QED) is 0.541. The van der Waals surface area contributed by atoms with Gasteiger partial charge in [0, 0.05) is 17.8 Å². The summed E-state index contributed by atoms with van der Waals surface area (Å²) in [6.07, 6.45) is 2.39. The average molecular weight is 171 g/mol. The van der Waals surface area contributed by atoms with Crippen molar-refractivity contribution in [1.82, 2.24) is 0 Å². The third-order valence-corrected chi connectivity index (χ3v) is 2.55. The van der Waals surface area contributed by atoms with Crippen LogP contribution >= 0.6 is 0 Å². The van der Waals surface area contributed by atoms with E-state index < -0.39 is 11.4 Å². The van der Waals surface area contributed by atoms with E-state index in [9.17, 15) is 9.90 Å². The first-order valence-corrected chi connectivity index (χ1v) is 4.38. The molecule has 0 atom stereocenters. The average Bonchev–Trinajstić information content (AvgIpc) is 2.61. The topological polar surface area (TPSA) is 40.1 Å². The Balaban J connectivity index is 2.37. The molecule has 1 saturated carbocycles. The summed E-state index contributed by atoms with van der Waals surface area (Å²) < 4.78 is 0.828. The van der Waals surface area contributed by atoms with Gasteiger partial charge in [-0.15, -0.1) is 0 Å². The molecule has 0 saturated heterocycles. The van der Waals surface area contributed by atoms with Crippen molar-refractivity contribution in [3.8, 4) is 0 Å². The molecule has 3 nitrogen and oxygen atoms in total. The third kappa shape index (κ3) is 2.21. The summed E-state index contributed by atoms with van der Waals surface area (Å²) >= 11 is 0. The second kappa shape index (κ2) is 2.73. The molecule has 0 spiro atoms. The first kappa shape index (κ1) is 9.52. The van der Waals surface area contributed by atoms with Gasteiger partial charge >= 0.3 is 0 Å². The Morgan fingerprint density at radius 1 is 1.42 bits per heavy atom. The van der Waals surface area contributed by atoms with Crippen molar-refractivity contribution >= 4 is 5.97 Å². The number of aliphatic carboxylic acids is 1. The van der Waals surface area contributed by atoms with Crippen LogP contribution in [0.15, 0.2) is 0 Å². The van der Waals surface area contributed by atoms with Crippen LogP contribution in [0.2, 0.25) is 0 Å². The highest BCUT2D eigenvalue weighted by atomic mass is 16.4. The fourth-order valence-corrected chi connectivity index (χ4v) is 1.26. The number of hydrogen-bond donors (Lipinski definition) is 0. The van der Waals surface area contributed by atoms with Crippen LogP contribution in [-0.2, 0) is 4.79 Å². The molecule has 0 aromatic heterocycles. The number of carbonyl (C=O) groups excluding carboxylic acids is 1. The van der Waals surface area contributed by atoms with Crippen LogP contribution in [-0.4, -0.2) is 38.1 Å². The van der Waals surface area contributed by atoms with E-state index in [4.69, 9.17) is 0 Å². The van der Waals surface area contributed by atoms with E-state index in [2.05, 4.69) is 21.1 Å². The zero-order chi connectivity index (χ0) is 9.41. The normalized spacial score (nSPS) is 20.6. The Morgan fingerprint density at radius 3 is 2.17 bits per heavy atom. The van der Waals surface area contributed by atoms with Gasteiger partial charge in [-0.2, -0.15) is 0 Å². The molecule has 0 radical (unpaired) electrons. The molecule has 1 aliphatic carbocycles.